The SMILES string of the molecule is [Ag].[C-]#[N+]O.[Hg]. The Balaban J connectivity index is -0.0000000200. The summed E-state index contributed by atoms with van der Waals surface area (Å²) in [5, 5.41) is 8.61. The zero-order valence-corrected chi connectivity index (χ0v) is 9.38. The van der Waals surface area contributed by atoms with Crippen molar-refractivity contribution in [1.29, 1.82) is 0 Å². The second-order valence-corrected chi connectivity index (χ2v) is 0.100. The molecule has 0 saturated heterocycles. The molecule has 0 amide bonds. The molecule has 0 bridgehead atoms. The second-order valence-electron chi connectivity index (χ2n) is 0.100. The van der Waals surface area contributed by atoms with Gasteiger partial charge in [-0.2, -0.15) is 6.57 Å². The van der Waals surface area contributed by atoms with Gasteiger partial charge in [0.05, 0.1) is 0 Å². The molecule has 0 spiro atoms. The van der Waals surface area contributed by atoms with Gasteiger partial charge in [0, 0.05) is 50.0 Å². The van der Waals surface area contributed by atoms with Crippen LogP contribution in [0.25, 0.3) is 5.01 Å². The third-order valence-corrected chi connectivity index (χ3v) is 0. The summed E-state index contributed by atoms with van der Waals surface area (Å²) in [7, 11) is 0. The van der Waals surface area contributed by atoms with Gasteiger partial charge >= 0.3 is 0 Å². The van der Waals surface area contributed by atoms with Gasteiger partial charge in [-0.15, -0.1) is 0 Å². The Bertz CT molecular complexity index is 33.1. The van der Waals surface area contributed by atoms with Crippen LogP contribution < -0.4 is 0 Å². The van der Waals surface area contributed by atoms with Crippen LogP contribution in [0.2, 0.25) is 0 Å². The quantitative estimate of drug-likeness (QED) is 0.379. The van der Waals surface area contributed by atoms with E-state index in [1.165, 1.54) is 0 Å². The largest absolute Gasteiger partial charge is 0.213 e. The van der Waals surface area contributed by atoms with E-state index in [4.69, 9.17) is 11.8 Å². The third kappa shape index (κ3) is 46.9. The van der Waals surface area contributed by atoms with Gasteiger partial charge in [-0.25, -0.2) is 5.21 Å². The van der Waals surface area contributed by atoms with Gasteiger partial charge < -0.3 is 0 Å². The van der Waals surface area contributed by atoms with Crippen molar-refractivity contribution in [3.8, 4) is 0 Å². The Morgan fingerprint density at radius 1 is 1.60 bits per heavy atom. The predicted molar refractivity (Wildman–Crippen MR) is 8.39 cm³/mol. The summed E-state index contributed by atoms with van der Waals surface area (Å²) in [6.07, 6.45) is 0. The van der Waals surface area contributed by atoms with E-state index in [0.29, 0.717) is 0 Å². The van der Waals surface area contributed by atoms with Crippen molar-refractivity contribution in [3.05, 3.63) is 11.6 Å². The van der Waals surface area contributed by atoms with Crippen LogP contribution in [0.3, 0.4) is 0 Å². The van der Waals surface area contributed by atoms with E-state index < -0.39 is 0 Å². The first-order valence-corrected chi connectivity index (χ1v) is 0.424. The van der Waals surface area contributed by atoms with Crippen molar-refractivity contribution in [2.75, 3.05) is 0 Å². The Hall–Kier alpha value is 0.965. The minimum atomic E-state index is 0. The molecule has 4 heteroatoms. The van der Waals surface area contributed by atoms with Crippen LogP contribution in [0.15, 0.2) is 0 Å². The van der Waals surface area contributed by atoms with Crippen molar-refractivity contribution >= 4 is 0 Å². The number of hydrogen-bond acceptors (Lipinski definition) is 1. The predicted octanol–water partition coefficient (Wildman–Crippen LogP) is 0.290. The minimum absolute atomic E-state index is 0. The monoisotopic (exact) mass is 352 g/mol. The maximum Gasteiger partial charge on any atom is 0 e. The average molecular weight is 351 g/mol. The molecule has 2 nitrogen and oxygen atoms in total. The summed E-state index contributed by atoms with van der Waals surface area (Å²) in [5.41, 5.74) is 0. The zero-order valence-electron chi connectivity index (χ0n) is 2.40. The molecule has 0 aromatic rings. The van der Waals surface area contributed by atoms with Gasteiger partial charge in [-0.05, 0) is 5.01 Å². The summed E-state index contributed by atoms with van der Waals surface area (Å²) in [6, 6.07) is 0. The fraction of sp³-hybridized carbons (Fsp3) is 0. The molecule has 0 aliphatic heterocycles. The smallest absolute Gasteiger partial charge is 0 e. The van der Waals surface area contributed by atoms with Crippen LogP contribution in [0.1, 0.15) is 0 Å². The topological polar surface area (TPSA) is 24.6 Å². The van der Waals surface area contributed by atoms with Crippen molar-refractivity contribution in [1.82, 2.24) is 0 Å². The Labute approximate surface area is 66.4 Å². The first kappa shape index (κ1) is 16.7. The van der Waals surface area contributed by atoms with Crippen LogP contribution in [0, 0.1) is 6.57 Å². The van der Waals surface area contributed by atoms with E-state index in [9.17, 15) is 0 Å². The summed E-state index contributed by atoms with van der Waals surface area (Å²) >= 11 is 0. The molecule has 1 radical (unpaired) electrons. The molecular weight excluding hydrogens is 350 g/mol. The third-order valence-electron chi connectivity index (χ3n) is 0. The standard InChI is InChI=1S/CHNO.Ag.Hg/c1-2-3;;/h3H;;. The molecule has 0 atom stereocenters. The first-order chi connectivity index (χ1) is 1.41. The van der Waals surface area contributed by atoms with Gasteiger partial charge in [-0.3, -0.25) is 0 Å². The van der Waals surface area contributed by atoms with Crippen LogP contribution in [0.5, 0.6) is 0 Å². The second kappa shape index (κ2) is 20.2. The maximum absolute atomic E-state index is 6.86. The zero-order chi connectivity index (χ0) is 2.71. The molecule has 0 rings (SSSR count). The Morgan fingerprint density at radius 3 is 1.60 bits per heavy atom. The van der Waals surface area contributed by atoms with Crippen LogP contribution in [-0.4, -0.2) is 5.21 Å². The molecule has 0 unspecified atom stereocenters. The summed E-state index contributed by atoms with van der Waals surface area (Å²) in [5.74, 6) is 0. The normalized spacial score (nSPS) is 1.40. The van der Waals surface area contributed by atoms with Gasteiger partial charge in [0.1, 0.15) is 0 Å². The van der Waals surface area contributed by atoms with Crippen LogP contribution in [-0.2, 0) is 50.0 Å². The maximum atomic E-state index is 6.86. The van der Waals surface area contributed by atoms with Crippen molar-refractivity contribution in [2.45, 2.75) is 0 Å². The Morgan fingerprint density at radius 2 is 1.60 bits per heavy atom. The van der Waals surface area contributed by atoms with E-state index >= 15 is 0 Å². The van der Waals surface area contributed by atoms with Crippen molar-refractivity contribution < 1.29 is 55.3 Å². The van der Waals surface area contributed by atoms with Crippen molar-refractivity contribution in [2.24, 2.45) is 0 Å². The summed E-state index contributed by atoms with van der Waals surface area (Å²) < 4.78 is 0. The molecule has 0 fully saturated rings. The molecule has 5 heavy (non-hydrogen) atoms. The first-order valence-electron chi connectivity index (χ1n) is 0.424. The summed E-state index contributed by atoms with van der Waals surface area (Å²) in [4.78, 5) is 0. The number of hydrogen-bond donors (Lipinski definition) is 1. The molecule has 29 valence electrons. The van der Waals surface area contributed by atoms with E-state index in [1.807, 2.05) is 0 Å². The van der Waals surface area contributed by atoms with E-state index in [0.717, 1.165) is 0 Å². The summed E-state index contributed by atoms with van der Waals surface area (Å²) in [6.45, 7) is 5.39. The molecule has 1 N–H and O–H groups in total. The van der Waals surface area contributed by atoms with Crippen LogP contribution in [0.4, 0.5) is 0 Å². The van der Waals surface area contributed by atoms with E-state index in [-0.39, 0.29) is 50.0 Å². The fourth-order valence-electron chi connectivity index (χ4n) is 0. The van der Waals surface area contributed by atoms with Gasteiger partial charge in [-0.1, -0.05) is 0 Å². The minimum Gasteiger partial charge on any atom is -0.213 e. The van der Waals surface area contributed by atoms with Crippen molar-refractivity contribution in [3.63, 3.8) is 0 Å². The molecule has 0 aliphatic carbocycles. The molecule has 0 aromatic carbocycles. The number of nitrogens with zero attached hydrogens (tertiary/aromatic N) is 1. The van der Waals surface area contributed by atoms with Gasteiger partial charge in [0.2, 0.25) is 0 Å². The Kier molecular flexibility index (Phi) is 67.6. The molecule has 0 saturated carbocycles. The van der Waals surface area contributed by atoms with E-state index in [2.05, 4.69) is 0 Å². The van der Waals surface area contributed by atoms with Gasteiger partial charge in [0.25, 0.3) is 0 Å². The molecular formula is CHAgHgNO. The van der Waals surface area contributed by atoms with Crippen LogP contribution >= 0.6 is 0 Å². The fourth-order valence-corrected chi connectivity index (χ4v) is 0. The molecule has 0 heterocycles. The van der Waals surface area contributed by atoms with E-state index in [1.54, 1.807) is 5.01 Å². The molecule has 0 aliphatic rings. The average Bonchev–Trinajstić information content (AvgIpc) is 0.918. The van der Waals surface area contributed by atoms with Gasteiger partial charge in [0.15, 0.2) is 0 Å². The molecule has 0 aromatic heterocycles. The number of rotatable bonds is 0.